The summed E-state index contributed by atoms with van der Waals surface area (Å²) in [7, 11) is 1.36. The van der Waals surface area contributed by atoms with Gasteiger partial charge in [0.15, 0.2) is 0 Å². The molecule has 0 unspecified atom stereocenters. The molecule has 0 aromatic heterocycles. The van der Waals surface area contributed by atoms with E-state index >= 15 is 0 Å². The first-order valence-electron chi connectivity index (χ1n) is 3.91. The molecule has 1 aromatic carbocycles. The van der Waals surface area contributed by atoms with Crippen LogP contribution < -0.4 is 0 Å². The second-order valence-corrected chi connectivity index (χ2v) is 3.32. The molecule has 70 valence electrons. The van der Waals surface area contributed by atoms with Crippen molar-refractivity contribution in [1.82, 2.24) is 0 Å². The van der Waals surface area contributed by atoms with E-state index in [0.717, 1.165) is 11.1 Å². The molecular weight excluding hydrogens is 188 g/mol. The van der Waals surface area contributed by atoms with E-state index < -0.39 is 0 Å². The zero-order chi connectivity index (χ0) is 10.0. The number of aryl methyl sites for hydroxylation is 2. The van der Waals surface area contributed by atoms with Crippen LogP contribution in [0.5, 0.6) is 0 Å². The van der Waals surface area contributed by atoms with Crippen LogP contribution in [0.1, 0.15) is 21.5 Å². The van der Waals surface area contributed by atoms with Crippen molar-refractivity contribution in [3.8, 4) is 0 Å². The summed E-state index contributed by atoms with van der Waals surface area (Å²) in [5.41, 5.74) is 2.37. The Bertz CT molecular complexity index is 345. The number of rotatable bonds is 1. The molecule has 0 amide bonds. The van der Waals surface area contributed by atoms with E-state index in [9.17, 15) is 4.79 Å². The Hall–Kier alpha value is -1.02. The highest BCUT2D eigenvalue weighted by Crippen LogP contribution is 2.20. The summed E-state index contributed by atoms with van der Waals surface area (Å²) < 4.78 is 4.61. The second-order valence-electron chi connectivity index (χ2n) is 2.91. The summed E-state index contributed by atoms with van der Waals surface area (Å²) in [4.78, 5) is 11.2. The zero-order valence-corrected chi connectivity index (χ0v) is 8.61. The van der Waals surface area contributed by atoms with Gasteiger partial charge in [-0.3, -0.25) is 0 Å². The molecule has 0 saturated carbocycles. The molecule has 0 aliphatic heterocycles. The quantitative estimate of drug-likeness (QED) is 0.649. The molecule has 0 atom stereocenters. The van der Waals surface area contributed by atoms with Gasteiger partial charge in [-0.1, -0.05) is 17.7 Å². The first-order chi connectivity index (χ1) is 6.06. The predicted molar refractivity (Wildman–Crippen MR) is 52.3 cm³/mol. The Morgan fingerprint density at radius 2 is 1.92 bits per heavy atom. The van der Waals surface area contributed by atoms with Gasteiger partial charge in [0.05, 0.1) is 12.7 Å². The summed E-state index contributed by atoms with van der Waals surface area (Å²) in [5, 5.41) is 0.589. The van der Waals surface area contributed by atoms with Crippen molar-refractivity contribution in [2.75, 3.05) is 7.11 Å². The molecule has 13 heavy (non-hydrogen) atoms. The molecule has 2 nitrogen and oxygen atoms in total. The number of ether oxygens (including phenoxy) is 1. The molecule has 0 fully saturated rings. The minimum absolute atomic E-state index is 0.348. The van der Waals surface area contributed by atoms with Gasteiger partial charge in [0.2, 0.25) is 0 Å². The normalized spacial score (nSPS) is 9.85. The van der Waals surface area contributed by atoms with Gasteiger partial charge in [0.25, 0.3) is 0 Å². The lowest BCUT2D eigenvalue weighted by Gasteiger charge is -2.06. The van der Waals surface area contributed by atoms with E-state index in [4.69, 9.17) is 11.6 Å². The van der Waals surface area contributed by atoms with Crippen LogP contribution >= 0.6 is 11.6 Å². The SMILES string of the molecule is COC(=O)c1cc(Cl)c(C)cc1C. The van der Waals surface area contributed by atoms with Crippen molar-refractivity contribution in [2.45, 2.75) is 13.8 Å². The fourth-order valence-corrected chi connectivity index (χ4v) is 1.32. The third-order valence-corrected chi connectivity index (χ3v) is 2.32. The molecule has 0 bridgehead atoms. The minimum Gasteiger partial charge on any atom is -0.465 e. The molecular formula is C10H11ClO2. The van der Waals surface area contributed by atoms with Gasteiger partial charge < -0.3 is 4.74 Å². The fraction of sp³-hybridized carbons (Fsp3) is 0.300. The van der Waals surface area contributed by atoms with Crippen LogP contribution in [0.15, 0.2) is 12.1 Å². The van der Waals surface area contributed by atoms with E-state index in [0.29, 0.717) is 10.6 Å². The summed E-state index contributed by atoms with van der Waals surface area (Å²) >= 11 is 5.88. The number of hydrogen-bond donors (Lipinski definition) is 0. The van der Waals surface area contributed by atoms with Crippen molar-refractivity contribution in [3.05, 3.63) is 33.8 Å². The molecule has 0 aliphatic carbocycles. The molecule has 0 aliphatic rings. The summed E-state index contributed by atoms with van der Waals surface area (Å²) in [6.07, 6.45) is 0. The Morgan fingerprint density at radius 1 is 1.31 bits per heavy atom. The van der Waals surface area contributed by atoms with Crippen LogP contribution in [0, 0.1) is 13.8 Å². The van der Waals surface area contributed by atoms with E-state index in [1.165, 1.54) is 7.11 Å². The smallest absolute Gasteiger partial charge is 0.338 e. The van der Waals surface area contributed by atoms with Crippen LogP contribution in [-0.2, 0) is 4.74 Å². The predicted octanol–water partition coefficient (Wildman–Crippen LogP) is 2.74. The molecule has 3 heteroatoms. The van der Waals surface area contributed by atoms with Gasteiger partial charge in [-0.05, 0) is 31.0 Å². The molecule has 0 saturated heterocycles. The highest BCUT2D eigenvalue weighted by molar-refractivity contribution is 6.31. The van der Waals surface area contributed by atoms with Crippen molar-refractivity contribution >= 4 is 17.6 Å². The van der Waals surface area contributed by atoms with E-state index in [-0.39, 0.29) is 5.97 Å². The lowest BCUT2D eigenvalue weighted by Crippen LogP contribution is -2.04. The van der Waals surface area contributed by atoms with Gasteiger partial charge in [-0.2, -0.15) is 0 Å². The van der Waals surface area contributed by atoms with E-state index in [1.807, 2.05) is 19.9 Å². The van der Waals surface area contributed by atoms with Crippen LogP contribution in [0.25, 0.3) is 0 Å². The first kappa shape index (κ1) is 10.1. The van der Waals surface area contributed by atoms with Gasteiger partial charge in [-0.25, -0.2) is 4.79 Å². The lowest BCUT2D eigenvalue weighted by molar-refractivity contribution is 0.0600. The van der Waals surface area contributed by atoms with Crippen molar-refractivity contribution in [2.24, 2.45) is 0 Å². The van der Waals surface area contributed by atoms with Crippen molar-refractivity contribution < 1.29 is 9.53 Å². The Labute approximate surface area is 82.5 Å². The number of methoxy groups -OCH3 is 1. The molecule has 0 radical (unpaired) electrons. The Morgan fingerprint density at radius 3 is 2.46 bits per heavy atom. The first-order valence-corrected chi connectivity index (χ1v) is 4.29. The maximum absolute atomic E-state index is 11.2. The number of esters is 1. The standard InChI is InChI=1S/C10H11ClO2/c1-6-4-7(2)9(11)5-8(6)10(12)13-3/h4-5H,1-3H3. The molecule has 0 heterocycles. The van der Waals surface area contributed by atoms with Crippen LogP contribution in [0.4, 0.5) is 0 Å². The Balaban J connectivity index is 3.23. The summed E-state index contributed by atoms with van der Waals surface area (Å²) in [5.74, 6) is -0.348. The maximum atomic E-state index is 11.2. The number of carbonyl (C=O) groups excluding carboxylic acids is 1. The number of hydrogen-bond acceptors (Lipinski definition) is 2. The van der Waals surface area contributed by atoms with Crippen LogP contribution in [-0.4, -0.2) is 13.1 Å². The lowest BCUT2D eigenvalue weighted by atomic mass is 10.1. The molecule has 0 spiro atoms. The van der Waals surface area contributed by atoms with E-state index in [1.54, 1.807) is 6.07 Å². The highest BCUT2D eigenvalue weighted by atomic mass is 35.5. The zero-order valence-electron chi connectivity index (χ0n) is 7.85. The number of benzene rings is 1. The topological polar surface area (TPSA) is 26.3 Å². The van der Waals surface area contributed by atoms with Crippen molar-refractivity contribution in [1.29, 1.82) is 0 Å². The van der Waals surface area contributed by atoms with Gasteiger partial charge in [0.1, 0.15) is 0 Å². The molecule has 1 aromatic rings. The number of carbonyl (C=O) groups is 1. The third-order valence-electron chi connectivity index (χ3n) is 1.91. The highest BCUT2D eigenvalue weighted by Gasteiger charge is 2.10. The van der Waals surface area contributed by atoms with E-state index in [2.05, 4.69) is 4.74 Å². The van der Waals surface area contributed by atoms with Crippen LogP contribution in [0.3, 0.4) is 0 Å². The number of halogens is 1. The van der Waals surface area contributed by atoms with Gasteiger partial charge in [-0.15, -0.1) is 0 Å². The summed E-state index contributed by atoms with van der Waals surface area (Å²) in [6, 6.07) is 3.51. The van der Waals surface area contributed by atoms with Gasteiger partial charge >= 0.3 is 5.97 Å². The van der Waals surface area contributed by atoms with Gasteiger partial charge in [0, 0.05) is 5.02 Å². The average molecular weight is 199 g/mol. The summed E-state index contributed by atoms with van der Waals surface area (Å²) in [6.45, 7) is 3.76. The second kappa shape index (κ2) is 3.79. The third kappa shape index (κ3) is 2.01. The maximum Gasteiger partial charge on any atom is 0.338 e. The fourth-order valence-electron chi connectivity index (χ4n) is 1.16. The molecule has 1 rings (SSSR count). The minimum atomic E-state index is -0.348. The van der Waals surface area contributed by atoms with Crippen molar-refractivity contribution in [3.63, 3.8) is 0 Å². The van der Waals surface area contributed by atoms with Crippen LogP contribution in [0.2, 0.25) is 5.02 Å². The molecule has 0 N–H and O–H groups in total. The monoisotopic (exact) mass is 198 g/mol. The average Bonchev–Trinajstić information content (AvgIpc) is 2.10. The largest absolute Gasteiger partial charge is 0.465 e. The Kier molecular flexibility index (Phi) is 2.94.